The molecule has 2 heterocycles. The zero-order valence-electron chi connectivity index (χ0n) is 19.4. The molecule has 0 bridgehead atoms. The molecule has 1 fully saturated rings. The van der Waals surface area contributed by atoms with E-state index >= 15 is 0 Å². The number of nitrogens with zero attached hydrogens (tertiary/aromatic N) is 4. The molecule has 1 aliphatic rings. The van der Waals surface area contributed by atoms with Crippen LogP contribution in [0, 0.1) is 34.6 Å². The normalized spacial score (nSPS) is 15.2. The van der Waals surface area contributed by atoms with Crippen molar-refractivity contribution in [2.45, 2.75) is 39.5 Å². The summed E-state index contributed by atoms with van der Waals surface area (Å²) in [7, 11) is -3.53. The van der Waals surface area contributed by atoms with Crippen molar-refractivity contribution < 1.29 is 8.42 Å². The van der Waals surface area contributed by atoms with Crippen LogP contribution in [0.25, 0.3) is 11.3 Å². The molecule has 32 heavy (non-hydrogen) atoms. The van der Waals surface area contributed by atoms with Gasteiger partial charge in [-0.1, -0.05) is 41.5 Å². The highest BCUT2D eigenvalue weighted by atomic mass is 32.2. The van der Waals surface area contributed by atoms with Crippen LogP contribution >= 0.6 is 0 Å². The Hall–Kier alpha value is -2.77. The van der Waals surface area contributed by atoms with Crippen molar-refractivity contribution in [2.75, 3.05) is 31.1 Å². The van der Waals surface area contributed by atoms with Gasteiger partial charge in [0, 0.05) is 31.7 Å². The van der Waals surface area contributed by atoms with Gasteiger partial charge in [0.1, 0.15) is 0 Å². The molecule has 0 spiro atoms. The smallest absolute Gasteiger partial charge is 0.243 e. The summed E-state index contributed by atoms with van der Waals surface area (Å²) in [5, 5.41) is 8.87. The standard InChI is InChI=1S/C25H30N4O2S/c1-17-6-7-22(19(3)14-17)23-8-9-24(27-26-23)28-10-12-29(13-11-28)32(30,31)25-20(4)15-18(2)16-21(25)5/h6-9,14-16H,10-13H2,1-5H3. The molecule has 3 aromatic rings. The number of aromatic nitrogens is 2. The van der Waals surface area contributed by atoms with Crippen molar-refractivity contribution in [1.82, 2.24) is 14.5 Å². The lowest BCUT2D eigenvalue weighted by Gasteiger charge is -2.35. The molecule has 0 unspecified atom stereocenters. The van der Waals surface area contributed by atoms with Crippen LogP contribution in [0.15, 0.2) is 47.4 Å². The molecule has 7 heteroatoms. The summed E-state index contributed by atoms with van der Waals surface area (Å²) in [5.41, 5.74) is 7.00. The van der Waals surface area contributed by atoms with Gasteiger partial charge in [0.25, 0.3) is 0 Å². The Morgan fingerprint density at radius 1 is 0.719 bits per heavy atom. The van der Waals surface area contributed by atoms with E-state index in [1.807, 2.05) is 45.0 Å². The minimum Gasteiger partial charge on any atom is -0.352 e. The molecule has 0 N–H and O–H groups in total. The summed E-state index contributed by atoms with van der Waals surface area (Å²) in [6.45, 7) is 11.9. The van der Waals surface area contributed by atoms with E-state index in [4.69, 9.17) is 0 Å². The van der Waals surface area contributed by atoms with Crippen molar-refractivity contribution in [3.8, 4) is 11.3 Å². The van der Waals surface area contributed by atoms with Gasteiger partial charge in [-0.15, -0.1) is 10.2 Å². The fraction of sp³-hybridized carbons (Fsp3) is 0.360. The van der Waals surface area contributed by atoms with Gasteiger partial charge < -0.3 is 4.90 Å². The number of rotatable bonds is 4. The van der Waals surface area contributed by atoms with Crippen LogP contribution in [-0.4, -0.2) is 49.1 Å². The highest BCUT2D eigenvalue weighted by molar-refractivity contribution is 7.89. The highest BCUT2D eigenvalue weighted by Crippen LogP contribution is 2.27. The fourth-order valence-corrected chi connectivity index (χ4v) is 6.43. The Kier molecular flexibility index (Phi) is 6.05. The monoisotopic (exact) mass is 450 g/mol. The van der Waals surface area contributed by atoms with E-state index in [9.17, 15) is 8.42 Å². The minimum absolute atomic E-state index is 0.426. The van der Waals surface area contributed by atoms with E-state index in [0.717, 1.165) is 33.8 Å². The summed E-state index contributed by atoms with van der Waals surface area (Å²) in [6, 6.07) is 14.1. The van der Waals surface area contributed by atoms with Gasteiger partial charge in [0.2, 0.25) is 10.0 Å². The highest BCUT2D eigenvalue weighted by Gasteiger charge is 2.31. The van der Waals surface area contributed by atoms with Crippen molar-refractivity contribution in [3.63, 3.8) is 0 Å². The average molecular weight is 451 g/mol. The summed E-state index contributed by atoms with van der Waals surface area (Å²) in [4.78, 5) is 2.54. The maximum Gasteiger partial charge on any atom is 0.243 e. The van der Waals surface area contributed by atoms with Crippen LogP contribution in [0.3, 0.4) is 0 Å². The van der Waals surface area contributed by atoms with Gasteiger partial charge in [-0.25, -0.2) is 8.42 Å². The Labute approximate surface area is 191 Å². The molecule has 4 rings (SSSR count). The van der Waals surface area contributed by atoms with Crippen LogP contribution in [0.5, 0.6) is 0 Å². The second kappa shape index (κ2) is 8.64. The number of aryl methyl sites for hydroxylation is 5. The van der Waals surface area contributed by atoms with E-state index in [-0.39, 0.29) is 0 Å². The number of hydrogen-bond acceptors (Lipinski definition) is 5. The lowest BCUT2D eigenvalue weighted by atomic mass is 10.0. The van der Waals surface area contributed by atoms with Gasteiger partial charge in [0.15, 0.2) is 5.82 Å². The molecule has 0 atom stereocenters. The molecule has 1 saturated heterocycles. The van der Waals surface area contributed by atoms with Gasteiger partial charge in [-0.05, 0) is 63.4 Å². The van der Waals surface area contributed by atoms with E-state index < -0.39 is 10.0 Å². The number of piperazine rings is 1. The van der Waals surface area contributed by atoms with Crippen molar-refractivity contribution in [3.05, 3.63) is 70.3 Å². The average Bonchev–Trinajstić information content (AvgIpc) is 2.73. The maximum absolute atomic E-state index is 13.3. The first-order chi connectivity index (χ1) is 15.2. The Balaban J connectivity index is 1.48. The van der Waals surface area contributed by atoms with Crippen LogP contribution in [0.2, 0.25) is 0 Å². The third kappa shape index (κ3) is 4.27. The Morgan fingerprint density at radius 2 is 1.34 bits per heavy atom. The summed E-state index contributed by atoms with van der Waals surface area (Å²) >= 11 is 0. The minimum atomic E-state index is -3.53. The van der Waals surface area contributed by atoms with Crippen LogP contribution in [0.1, 0.15) is 27.8 Å². The topological polar surface area (TPSA) is 66.4 Å². The largest absolute Gasteiger partial charge is 0.352 e. The molecular formula is C25H30N4O2S. The Bertz CT molecular complexity index is 1220. The molecule has 0 amide bonds. The second-order valence-corrected chi connectivity index (χ2v) is 10.6. The van der Waals surface area contributed by atoms with E-state index in [1.54, 1.807) is 4.31 Å². The van der Waals surface area contributed by atoms with E-state index in [2.05, 4.69) is 47.1 Å². The van der Waals surface area contributed by atoms with Crippen molar-refractivity contribution in [1.29, 1.82) is 0 Å². The van der Waals surface area contributed by atoms with E-state index in [1.165, 1.54) is 11.1 Å². The fourth-order valence-electron chi connectivity index (χ4n) is 4.60. The third-order valence-corrected chi connectivity index (χ3v) is 8.28. The predicted molar refractivity (Wildman–Crippen MR) is 129 cm³/mol. The van der Waals surface area contributed by atoms with Crippen molar-refractivity contribution >= 4 is 15.8 Å². The predicted octanol–water partition coefficient (Wildman–Crippen LogP) is 4.20. The quantitative estimate of drug-likeness (QED) is 0.596. The first-order valence-corrected chi connectivity index (χ1v) is 12.3. The summed E-state index contributed by atoms with van der Waals surface area (Å²) in [6.07, 6.45) is 0. The van der Waals surface area contributed by atoms with Crippen LogP contribution in [-0.2, 0) is 10.0 Å². The lowest BCUT2D eigenvalue weighted by molar-refractivity contribution is 0.383. The van der Waals surface area contributed by atoms with Crippen molar-refractivity contribution in [2.24, 2.45) is 0 Å². The number of anilines is 1. The van der Waals surface area contributed by atoms with Crippen LogP contribution < -0.4 is 4.90 Å². The van der Waals surface area contributed by atoms with Gasteiger partial charge in [0.05, 0.1) is 10.6 Å². The zero-order valence-corrected chi connectivity index (χ0v) is 20.2. The molecule has 0 saturated carbocycles. The second-order valence-electron chi connectivity index (χ2n) is 8.71. The molecule has 0 aliphatic carbocycles. The molecule has 1 aromatic heterocycles. The number of hydrogen-bond donors (Lipinski definition) is 0. The van der Waals surface area contributed by atoms with Crippen LogP contribution in [0.4, 0.5) is 5.82 Å². The number of sulfonamides is 1. The van der Waals surface area contributed by atoms with Gasteiger partial charge in [-0.2, -0.15) is 4.31 Å². The Morgan fingerprint density at radius 3 is 1.91 bits per heavy atom. The molecule has 6 nitrogen and oxygen atoms in total. The molecule has 1 aliphatic heterocycles. The number of benzene rings is 2. The van der Waals surface area contributed by atoms with E-state index in [0.29, 0.717) is 31.1 Å². The first kappa shape index (κ1) is 22.4. The van der Waals surface area contributed by atoms with Gasteiger partial charge >= 0.3 is 0 Å². The summed E-state index contributed by atoms with van der Waals surface area (Å²) in [5.74, 6) is 0.776. The lowest BCUT2D eigenvalue weighted by Crippen LogP contribution is -2.49. The molecule has 2 aromatic carbocycles. The summed E-state index contributed by atoms with van der Waals surface area (Å²) < 4.78 is 28.2. The maximum atomic E-state index is 13.3. The molecular weight excluding hydrogens is 420 g/mol. The third-order valence-electron chi connectivity index (χ3n) is 6.07. The molecule has 168 valence electrons. The SMILES string of the molecule is Cc1ccc(-c2ccc(N3CCN(S(=O)(=O)c4c(C)cc(C)cc4C)CC3)nn2)c(C)c1. The zero-order chi connectivity index (χ0) is 23.0. The van der Waals surface area contributed by atoms with Gasteiger partial charge in [-0.3, -0.25) is 0 Å². The molecule has 0 radical (unpaired) electrons. The first-order valence-electron chi connectivity index (χ1n) is 10.9.